The summed E-state index contributed by atoms with van der Waals surface area (Å²) in [5, 5.41) is 0. The predicted molar refractivity (Wildman–Crippen MR) is 78.3 cm³/mol. The predicted octanol–water partition coefficient (Wildman–Crippen LogP) is 2.10. The summed E-state index contributed by atoms with van der Waals surface area (Å²) in [6.07, 6.45) is 4.57. The number of hydrogen-bond donors (Lipinski definition) is 1. The van der Waals surface area contributed by atoms with E-state index >= 15 is 0 Å². The van der Waals surface area contributed by atoms with E-state index in [1.54, 1.807) is 7.11 Å². The first-order valence-corrected chi connectivity index (χ1v) is 7.08. The molecule has 1 unspecified atom stereocenters. The second-order valence-electron chi connectivity index (χ2n) is 5.45. The second kappa shape index (κ2) is 6.35. The van der Waals surface area contributed by atoms with E-state index < -0.39 is 0 Å². The van der Waals surface area contributed by atoms with Crippen LogP contribution in [0.15, 0.2) is 12.3 Å². The maximum absolute atomic E-state index is 5.67. The lowest BCUT2D eigenvalue weighted by molar-refractivity contribution is 0.202. The van der Waals surface area contributed by atoms with Crippen molar-refractivity contribution < 1.29 is 4.74 Å². The Labute approximate surface area is 116 Å². The molecule has 1 aliphatic carbocycles. The van der Waals surface area contributed by atoms with Gasteiger partial charge in [-0.3, -0.25) is 0 Å². The topological polar surface area (TPSA) is 51.4 Å². The number of nitrogens with zero attached hydrogens (tertiary/aromatic N) is 2. The fraction of sp³-hybridized carbons (Fsp3) is 0.667. The van der Waals surface area contributed by atoms with Gasteiger partial charge in [-0.25, -0.2) is 4.98 Å². The Kier molecular flexibility index (Phi) is 4.77. The molecule has 0 saturated heterocycles. The van der Waals surface area contributed by atoms with Crippen LogP contribution in [0.3, 0.4) is 0 Å². The molecule has 2 rings (SSSR count). The van der Waals surface area contributed by atoms with Crippen LogP contribution in [-0.4, -0.2) is 31.3 Å². The molecule has 0 amide bonds. The van der Waals surface area contributed by atoms with Crippen molar-refractivity contribution in [2.45, 2.75) is 39.3 Å². The number of hydrogen-bond acceptors (Lipinski definition) is 4. The molecule has 1 fully saturated rings. The maximum Gasteiger partial charge on any atom is 0.131 e. The van der Waals surface area contributed by atoms with E-state index in [1.807, 2.05) is 6.20 Å². The highest BCUT2D eigenvalue weighted by Gasteiger charge is 2.32. The van der Waals surface area contributed by atoms with Crippen molar-refractivity contribution in [1.29, 1.82) is 0 Å². The summed E-state index contributed by atoms with van der Waals surface area (Å²) in [7, 11) is 1.75. The van der Waals surface area contributed by atoms with E-state index in [0.29, 0.717) is 12.6 Å². The molecule has 0 spiro atoms. The lowest BCUT2D eigenvalue weighted by atomic mass is 10.1. The molecule has 4 nitrogen and oxygen atoms in total. The van der Waals surface area contributed by atoms with Crippen LogP contribution in [-0.2, 0) is 11.3 Å². The van der Waals surface area contributed by atoms with Gasteiger partial charge in [0.05, 0.1) is 6.61 Å². The number of methoxy groups -OCH3 is 1. The minimum atomic E-state index is 0.532. The number of pyridine rings is 1. The average molecular weight is 263 g/mol. The molecule has 1 aromatic heterocycles. The second-order valence-corrected chi connectivity index (χ2v) is 5.45. The van der Waals surface area contributed by atoms with Gasteiger partial charge < -0.3 is 15.4 Å². The molecule has 0 aliphatic heterocycles. The average Bonchev–Trinajstić information content (AvgIpc) is 3.24. The van der Waals surface area contributed by atoms with Crippen LogP contribution in [0.5, 0.6) is 0 Å². The third-order valence-electron chi connectivity index (χ3n) is 3.95. The molecule has 0 bridgehead atoms. The van der Waals surface area contributed by atoms with Gasteiger partial charge in [-0.1, -0.05) is 0 Å². The van der Waals surface area contributed by atoms with Crippen molar-refractivity contribution in [3.05, 3.63) is 23.4 Å². The van der Waals surface area contributed by atoms with Crippen molar-refractivity contribution in [1.82, 2.24) is 4.98 Å². The standard InChI is InChI=1S/C15H25N3O/c1-11-8-13(9-16)10-17-15(11)18(6-7-19-3)12(2)14-4-5-14/h8,10,12,14H,4-7,9,16H2,1-3H3. The Morgan fingerprint density at radius 2 is 2.26 bits per heavy atom. The van der Waals surface area contributed by atoms with E-state index in [4.69, 9.17) is 10.5 Å². The fourth-order valence-corrected chi connectivity index (χ4v) is 2.56. The van der Waals surface area contributed by atoms with E-state index in [-0.39, 0.29) is 0 Å². The monoisotopic (exact) mass is 263 g/mol. The number of aromatic nitrogens is 1. The van der Waals surface area contributed by atoms with E-state index in [0.717, 1.165) is 30.5 Å². The third kappa shape index (κ3) is 3.45. The van der Waals surface area contributed by atoms with Crippen LogP contribution in [0.1, 0.15) is 30.9 Å². The highest BCUT2D eigenvalue weighted by atomic mass is 16.5. The molecule has 106 valence electrons. The largest absolute Gasteiger partial charge is 0.383 e. The van der Waals surface area contributed by atoms with Crippen molar-refractivity contribution in [2.75, 3.05) is 25.2 Å². The maximum atomic E-state index is 5.67. The first-order valence-electron chi connectivity index (χ1n) is 7.08. The summed E-state index contributed by atoms with van der Waals surface area (Å²) in [4.78, 5) is 7.01. The molecule has 1 heterocycles. The van der Waals surface area contributed by atoms with Gasteiger partial charge in [-0.2, -0.15) is 0 Å². The summed E-state index contributed by atoms with van der Waals surface area (Å²) in [5.74, 6) is 1.89. The number of nitrogens with two attached hydrogens (primary N) is 1. The smallest absolute Gasteiger partial charge is 0.131 e. The number of anilines is 1. The first kappa shape index (κ1) is 14.3. The molecular formula is C15H25N3O. The van der Waals surface area contributed by atoms with Gasteiger partial charge >= 0.3 is 0 Å². The molecule has 1 aromatic rings. The molecule has 1 atom stereocenters. The lowest BCUT2D eigenvalue weighted by Crippen LogP contribution is -2.38. The zero-order valence-electron chi connectivity index (χ0n) is 12.2. The van der Waals surface area contributed by atoms with Gasteiger partial charge in [0, 0.05) is 32.4 Å². The molecule has 2 N–H and O–H groups in total. The zero-order valence-corrected chi connectivity index (χ0v) is 12.2. The molecule has 1 aliphatic rings. The van der Waals surface area contributed by atoms with Crippen molar-refractivity contribution >= 4 is 5.82 Å². The summed E-state index contributed by atoms with van der Waals surface area (Å²) in [6.45, 7) is 6.58. The van der Waals surface area contributed by atoms with Crippen LogP contribution in [0.2, 0.25) is 0 Å². The highest BCUT2D eigenvalue weighted by Crippen LogP contribution is 2.37. The summed E-state index contributed by atoms with van der Waals surface area (Å²) < 4.78 is 5.24. The van der Waals surface area contributed by atoms with Crippen LogP contribution >= 0.6 is 0 Å². The molecule has 0 aromatic carbocycles. The van der Waals surface area contributed by atoms with Crippen molar-refractivity contribution in [3.63, 3.8) is 0 Å². The highest BCUT2D eigenvalue weighted by molar-refractivity contribution is 5.48. The first-order chi connectivity index (χ1) is 9.17. The minimum Gasteiger partial charge on any atom is -0.383 e. The van der Waals surface area contributed by atoms with Crippen molar-refractivity contribution in [2.24, 2.45) is 11.7 Å². The van der Waals surface area contributed by atoms with E-state index in [9.17, 15) is 0 Å². The number of rotatable bonds is 7. The Bertz CT molecular complexity index is 418. The Hall–Kier alpha value is -1.13. The fourth-order valence-electron chi connectivity index (χ4n) is 2.56. The lowest BCUT2D eigenvalue weighted by Gasteiger charge is -2.31. The summed E-state index contributed by atoms with van der Waals surface area (Å²) >= 11 is 0. The zero-order chi connectivity index (χ0) is 13.8. The third-order valence-corrected chi connectivity index (χ3v) is 3.95. The van der Waals surface area contributed by atoms with Gasteiger partial charge in [0.2, 0.25) is 0 Å². The van der Waals surface area contributed by atoms with E-state index in [1.165, 1.54) is 18.4 Å². The van der Waals surface area contributed by atoms with Crippen LogP contribution < -0.4 is 10.6 Å². The molecule has 1 saturated carbocycles. The number of aryl methyl sites for hydroxylation is 1. The van der Waals surface area contributed by atoms with Gasteiger partial charge in [-0.15, -0.1) is 0 Å². The Morgan fingerprint density at radius 1 is 1.53 bits per heavy atom. The Balaban J connectivity index is 2.20. The summed E-state index contributed by atoms with van der Waals surface area (Å²) in [5.41, 5.74) is 7.96. The Morgan fingerprint density at radius 3 is 2.79 bits per heavy atom. The summed E-state index contributed by atoms with van der Waals surface area (Å²) in [6, 6.07) is 2.67. The number of ether oxygens (including phenoxy) is 1. The molecular weight excluding hydrogens is 238 g/mol. The molecule has 0 radical (unpaired) electrons. The van der Waals surface area contributed by atoms with Crippen LogP contribution in [0.4, 0.5) is 5.82 Å². The van der Waals surface area contributed by atoms with Crippen molar-refractivity contribution in [3.8, 4) is 0 Å². The van der Waals surface area contributed by atoms with Crippen LogP contribution in [0, 0.1) is 12.8 Å². The quantitative estimate of drug-likeness (QED) is 0.818. The van der Waals surface area contributed by atoms with Gasteiger partial charge in [0.15, 0.2) is 0 Å². The molecule has 19 heavy (non-hydrogen) atoms. The molecule has 4 heteroatoms. The minimum absolute atomic E-state index is 0.532. The van der Waals surface area contributed by atoms with Gasteiger partial charge in [0.25, 0.3) is 0 Å². The van der Waals surface area contributed by atoms with E-state index in [2.05, 4.69) is 29.8 Å². The van der Waals surface area contributed by atoms with Gasteiger partial charge in [0.1, 0.15) is 5.82 Å². The normalized spacial score (nSPS) is 16.4. The van der Waals surface area contributed by atoms with Crippen LogP contribution in [0.25, 0.3) is 0 Å². The van der Waals surface area contributed by atoms with Gasteiger partial charge in [-0.05, 0) is 49.8 Å². The SMILES string of the molecule is COCCN(c1ncc(CN)cc1C)C(C)C1CC1.